The standard InChI is InChI=1S/C12H21NO3/c1-8(2)10-4-3-9(14)7-11(10)13-5-6-16-12(13)15/h8-11,14H,3-7H2,1-2H3. The summed E-state index contributed by atoms with van der Waals surface area (Å²) in [5.74, 6) is 1.04. The van der Waals surface area contributed by atoms with E-state index < -0.39 is 0 Å². The van der Waals surface area contributed by atoms with Crippen LogP contribution in [-0.2, 0) is 4.74 Å². The predicted octanol–water partition coefficient (Wildman–Crippen LogP) is 1.62. The lowest BCUT2D eigenvalue weighted by Crippen LogP contribution is -2.47. The van der Waals surface area contributed by atoms with E-state index >= 15 is 0 Å². The molecule has 0 spiro atoms. The lowest BCUT2D eigenvalue weighted by molar-refractivity contribution is 0.0307. The maximum absolute atomic E-state index is 11.6. The molecule has 1 N–H and O–H groups in total. The fourth-order valence-electron chi connectivity index (χ4n) is 2.99. The van der Waals surface area contributed by atoms with E-state index in [1.807, 2.05) is 4.90 Å². The van der Waals surface area contributed by atoms with Crippen LogP contribution in [-0.4, -0.2) is 41.4 Å². The maximum atomic E-state index is 11.6. The first-order valence-electron chi connectivity index (χ1n) is 6.21. The van der Waals surface area contributed by atoms with Crippen molar-refractivity contribution in [3.63, 3.8) is 0 Å². The molecule has 0 bridgehead atoms. The topological polar surface area (TPSA) is 49.8 Å². The zero-order valence-electron chi connectivity index (χ0n) is 10.1. The van der Waals surface area contributed by atoms with Gasteiger partial charge in [-0.2, -0.15) is 0 Å². The molecule has 16 heavy (non-hydrogen) atoms. The molecule has 1 saturated carbocycles. The quantitative estimate of drug-likeness (QED) is 0.780. The molecular formula is C12H21NO3. The Balaban J connectivity index is 2.10. The first-order valence-corrected chi connectivity index (χ1v) is 6.21. The van der Waals surface area contributed by atoms with Gasteiger partial charge in [0.2, 0.25) is 0 Å². The molecule has 2 aliphatic rings. The van der Waals surface area contributed by atoms with Crippen LogP contribution in [0.3, 0.4) is 0 Å². The fraction of sp³-hybridized carbons (Fsp3) is 0.917. The second-order valence-electron chi connectivity index (χ2n) is 5.25. The van der Waals surface area contributed by atoms with Gasteiger partial charge in [0.25, 0.3) is 0 Å². The predicted molar refractivity (Wildman–Crippen MR) is 60.0 cm³/mol. The van der Waals surface area contributed by atoms with Gasteiger partial charge in [-0.05, 0) is 31.1 Å². The Hall–Kier alpha value is -0.770. The second-order valence-corrected chi connectivity index (χ2v) is 5.25. The van der Waals surface area contributed by atoms with Gasteiger partial charge in [-0.25, -0.2) is 4.79 Å². The highest BCUT2D eigenvalue weighted by Crippen LogP contribution is 2.34. The largest absolute Gasteiger partial charge is 0.448 e. The number of carbonyl (C=O) groups excluding carboxylic acids is 1. The average Bonchev–Trinajstić information content (AvgIpc) is 2.63. The minimum atomic E-state index is -0.256. The van der Waals surface area contributed by atoms with Crippen molar-refractivity contribution in [2.24, 2.45) is 11.8 Å². The molecule has 0 aromatic heterocycles. The zero-order chi connectivity index (χ0) is 11.7. The molecule has 92 valence electrons. The third kappa shape index (κ3) is 2.17. The van der Waals surface area contributed by atoms with E-state index in [1.54, 1.807) is 0 Å². The molecule has 3 atom stereocenters. The van der Waals surface area contributed by atoms with Crippen LogP contribution >= 0.6 is 0 Å². The molecule has 1 heterocycles. The highest BCUT2D eigenvalue weighted by molar-refractivity contribution is 5.69. The maximum Gasteiger partial charge on any atom is 0.410 e. The van der Waals surface area contributed by atoms with E-state index in [9.17, 15) is 9.90 Å². The Morgan fingerprint density at radius 2 is 2.19 bits per heavy atom. The van der Waals surface area contributed by atoms with Gasteiger partial charge in [0.05, 0.1) is 12.6 Å². The number of carbonyl (C=O) groups is 1. The summed E-state index contributed by atoms with van der Waals surface area (Å²) in [5, 5.41) is 9.75. The molecule has 0 aromatic carbocycles. The number of nitrogens with zero attached hydrogens (tertiary/aromatic N) is 1. The lowest BCUT2D eigenvalue weighted by atomic mass is 9.76. The Bertz CT molecular complexity index is 267. The highest BCUT2D eigenvalue weighted by atomic mass is 16.6. The molecule has 2 rings (SSSR count). The van der Waals surface area contributed by atoms with Gasteiger partial charge in [-0.3, -0.25) is 0 Å². The molecule has 4 heteroatoms. The molecule has 1 aliphatic carbocycles. The third-order valence-corrected chi connectivity index (χ3v) is 3.89. The summed E-state index contributed by atoms with van der Waals surface area (Å²) in [4.78, 5) is 13.4. The number of rotatable bonds is 2. The van der Waals surface area contributed by atoms with Gasteiger partial charge in [0.15, 0.2) is 0 Å². The van der Waals surface area contributed by atoms with Crippen molar-refractivity contribution in [3.05, 3.63) is 0 Å². The Kier molecular flexibility index (Phi) is 3.38. The average molecular weight is 227 g/mol. The summed E-state index contributed by atoms with van der Waals surface area (Å²) in [5.41, 5.74) is 0. The van der Waals surface area contributed by atoms with Crippen molar-refractivity contribution >= 4 is 6.09 Å². The van der Waals surface area contributed by atoms with E-state index in [2.05, 4.69) is 13.8 Å². The first-order chi connectivity index (χ1) is 7.59. The van der Waals surface area contributed by atoms with Crippen molar-refractivity contribution in [2.45, 2.75) is 45.3 Å². The summed E-state index contributed by atoms with van der Waals surface area (Å²) in [6.45, 7) is 5.56. The monoisotopic (exact) mass is 227 g/mol. The molecule has 2 fully saturated rings. The number of aliphatic hydroxyl groups excluding tert-OH is 1. The van der Waals surface area contributed by atoms with Crippen LogP contribution in [0, 0.1) is 11.8 Å². The van der Waals surface area contributed by atoms with Gasteiger partial charge in [0, 0.05) is 6.04 Å². The van der Waals surface area contributed by atoms with Crippen LogP contribution < -0.4 is 0 Å². The van der Waals surface area contributed by atoms with E-state index in [4.69, 9.17) is 4.74 Å². The van der Waals surface area contributed by atoms with E-state index in [1.165, 1.54) is 0 Å². The Morgan fingerprint density at radius 1 is 1.44 bits per heavy atom. The lowest BCUT2D eigenvalue weighted by Gasteiger charge is -2.40. The summed E-state index contributed by atoms with van der Waals surface area (Å²) in [6, 6.07) is 0.166. The Labute approximate surface area is 96.6 Å². The number of amides is 1. The summed E-state index contributed by atoms with van der Waals surface area (Å²) in [6.07, 6.45) is 2.12. The number of cyclic esters (lactones) is 1. The van der Waals surface area contributed by atoms with Gasteiger partial charge in [-0.15, -0.1) is 0 Å². The van der Waals surface area contributed by atoms with Crippen molar-refractivity contribution < 1.29 is 14.6 Å². The van der Waals surface area contributed by atoms with Crippen molar-refractivity contribution in [3.8, 4) is 0 Å². The van der Waals surface area contributed by atoms with Gasteiger partial charge >= 0.3 is 6.09 Å². The normalized spacial score (nSPS) is 35.6. The first kappa shape index (κ1) is 11.7. The van der Waals surface area contributed by atoms with Crippen LogP contribution in [0.25, 0.3) is 0 Å². The van der Waals surface area contributed by atoms with Crippen LogP contribution in [0.5, 0.6) is 0 Å². The molecular weight excluding hydrogens is 206 g/mol. The Morgan fingerprint density at radius 3 is 2.75 bits per heavy atom. The molecule has 1 amide bonds. The summed E-state index contributed by atoms with van der Waals surface area (Å²) < 4.78 is 4.99. The van der Waals surface area contributed by atoms with Crippen molar-refractivity contribution in [1.29, 1.82) is 0 Å². The van der Waals surface area contributed by atoms with Crippen LogP contribution in [0.15, 0.2) is 0 Å². The van der Waals surface area contributed by atoms with E-state index in [0.717, 1.165) is 12.8 Å². The minimum Gasteiger partial charge on any atom is -0.448 e. The van der Waals surface area contributed by atoms with Crippen molar-refractivity contribution in [1.82, 2.24) is 4.90 Å². The molecule has 0 aromatic rings. The third-order valence-electron chi connectivity index (χ3n) is 3.89. The minimum absolute atomic E-state index is 0.166. The molecule has 3 unspecified atom stereocenters. The van der Waals surface area contributed by atoms with Gasteiger partial charge < -0.3 is 14.7 Å². The molecule has 0 radical (unpaired) electrons. The summed E-state index contributed by atoms with van der Waals surface area (Å²) >= 11 is 0. The van der Waals surface area contributed by atoms with Gasteiger partial charge in [-0.1, -0.05) is 13.8 Å². The molecule has 4 nitrogen and oxygen atoms in total. The smallest absolute Gasteiger partial charge is 0.410 e. The molecule has 1 aliphatic heterocycles. The van der Waals surface area contributed by atoms with Gasteiger partial charge in [0.1, 0.15) is 6.61 Å². The van der Waals surface area contributed by atoms with Crippen LogP contribution in [0.2, 0.25) is 0 Å². The number of hydrogen-bond acceptors (Lipinski definition) is 3. The zero-order valence-corrected chi connectivity index (χ0v) is 10.1. The number of aliphatic hydroxyl groups is 1. The summed E-state index contributed by atoms with van der Waals surface area (Å²) in [7, 11) is 0. The highest BCUT2D eigenvalue weighted by Gasteiger charge is 2.39. The number of ether oxygens (including phenoxy) is 1. The number of hydrogen-bond donors (Lipinski definition) is 1. The van der Waals surface area contributed by atoms with E-state index in [0.29, 0.717) is 31.4 Å². The second kappa shape index (κ2) is 4.62. The molecule has 1 saturated heterocycles. The SMILES string of the molecule is CC(C)C1CCC(O)CC1N1CCOC1=O. The van der Waals surface area contributed by atoms with Crippen molar-refractivity contribution in [2.75, 3.05) is 13.2 Å². The van der Waals surface area contributed by atoms with E-state index in [-0.39, 0.29) is 18.2 Å². The van der Waals surface area contributed by atoms with Crippen LogP contribution in [0.4, 0.5) is 4.79 Å². The fourth-order valence-corrected chi connectivity index (χ4v) is 2.99. The van der Waals surface area contributed by atoms with Crippen LogP contribution in [0.1, 0.15) is 33.1 Å².